The van der Waals surface area contributed by atoms with E-state index in [-0.39, 0.29) is 0 Å². The minimum absolute atomic E-state index is 0.493. The number of halogens is 1. The van der Waals surface area contributed by atoms with Crippen LogP contribution in [0.3, 0.4) is 0 Å². The zero-order chi connectivity index (χ0) is 19.0. The molecule has 1 aromatic heterocycles. The molecule has 4 nitrogen and oxygen atoms in total. The summed E-state index contributed by atoms with van der Waals surface area (Å²) < 4.78 is 5.63. The van der Waals surface area contributed by atoms with Gasteiger partial charge >= 0.3 is 7.48 Å². The lowest BCUT2D eigenvalue weighted by Crippen LogP contribution is -2.42. The van der Waals surface area contributed by atoms with Crippen LogP contribution in [-0.4, -0.2) is 29.3 Å². The highest BCUT2D eigenvalue weighted by Crippen LogP contribution is 2.17. The second-order valence-corrected chi connectivity index (χ2v) is 7.01. The number of anilines is 1. The first-order valence-electron chi connectivity index (χ1n) is 8.03. The van der Waals surface area contributed by atoms with Gasteiger partial charge in [-0.15, -0.1) is 12.6 Å². The van der Waals surface area contributed by atoms with Crippen LogP contribution in [-0.2, 0) is 4.65 Å². The Kier molecular flexibility index (Phi) is 8.79. The predicted molar refractivity (Wildman–Crippen MR) is 109 cm³/mol. The predicted octanol–water partition coefficient (Wildman–Crippen LogP) is 3.41. The average Bonchev–Trinajstić information content (AvgIpc) is 2.56. The Morgan fingerprint density at radius 1 is 1.32 bits per heavy atom. The van der Waals surface area contributed by atoms with E-state index in [1.807, 2.05) is 58.0 Å². The summed E-state index contributed by atoms with van der Waals surface area (Å²) in [5, 5.41) is 10.5. The van der Waals surface area contributed by atoms with E-state index in [2.05, 4.69) is 17.6 Å². The van der Waals surface area contributed by atoms with Crippen molar-refractivity contribution in [3.8, 4) is 0 Å². The van der Waals surface area contributed by atoms with E-state index in [1.165, 1.54) is 0 Å². The van der Waals surface area contributed by atoms with Crippen LogP contribution in [0, 0.1) is 6.92 Å². The van der Waals surface area contributed by atoms with Crippen molar-refractivity contribution in [1.82, 2.24) is 4.98 Å². The highest BCUT2D eigenvalue weighted by molar-refractivity contribution is 7.80. The van der Waals surface area contributed by atoms with Gasteiger partial charge in [0, 0.05) is 10.6 Å². The topological polar surface area (TPSA) is 68.4 Å². The number of rotatable bonds is 5. The van der Waals surface area contributed by atoms with Crippen LogP contribution in [0.25, 0.3) is 0 Å². The molecule has 25 heavy (non-hydrogen) atoms. The molecule has 7 heteroatoms. The van der Waals surface area contributed by atoms with Crippen LogP contribution in [0.2, 0.25) is 5.02 Å². The molecule has 1 unspecified atom stereocenters. The molecule has 3 N–H and O–H groups in total. The zero-order valence-corrected chi connectivity index (χ0v) is 16.7. The molecular weight excluding hydrogens is 355 g/mol. The highest BCUT2D eigenvalue weighted by atomic mass is 35.5. The Labute approximate surface area is 161 Å². The number of pyridine rings is 1. The normalized spacial score (nSPS) is 12.1. The van der Waals surface area contributed by atoms with E-state index < -0.39 is 11.7 Å². The van der Waals surface area contributed by atoms with Crippen molar-refractivity contribution in [3.63, 3.8) is 0 Å². The lowest BCUT2D eigenvalue weighted by molar-refractivity contribution is -0.0272. The molecule has 0 spiro atoms. The van der Waals surface area contributed by atoms with Gasteiger partial charge in [0.25, 0.3) is 0 Å². The van der Waals surface area contributed by atoms with Gasteiger partial charge in [-0.2, -0.15) is 0 Å². The van der Waals surface area contributed by atoms with E-state index >= 15 is 0 Å². The number of aromatic nitrogens is 1. The Morgan fingerprint density at radius 3 is 2.44 bits per heavy atom. The third-order valence-corrected chi connectivity index (χ3v) is 4.53. The van der Waals surface area contributed by atoms with Gasteiger partial charge in [0.15, 0.2) is 0 Å². The SMILES string of the molecule is CCC(O)C(C)(C)O[B]c1ccc(N)nc1C.Sc1ccccc1Cl. The number of benzene rings is 1. The van der Waals surface area contributed by atoms with Crippen LogP contribution < -0.4 is 11.2 Å². The largest absolute Gasteiger partial charge is 0.427 e. The van der Waals surface area contributed by atoms with E-state index in [1.54, 1.807) is 13.5 Å². The summed E-state index contributed by atoms with van der Waals surface area (Å²) in [5.41, 5.74) is 6.65. The first-order chi connectivity index (χ1) is 11.7. The molecule has 0 amide bonds. The molecule has 2 aromatic rings. The van der Waals surface area contributed by atoms with Crippen molar-refractivity contribution in [2.75, 3.05) is 5.73 Å². The molecule has 1 atom stereocenters. The number of hydrogen-bond donors (Lipinski definition) is 3. The van der Waals surface area contributed by atoms with E-state index in [4.69, 9.17) is 22.0 Å². The quantitative estimate of drug-likeness (QED) is 0.550. The van der Waals surface area contributed by atoms with Crippen LogP contribution in [0.4, 0.5) is 5.82 Å². The second-order valence-electron chi connectivity index (χ2n) is 6.13. The molecule has 1 aromatic carbocycles. The number of thiol groups is 1. The lowest BCUT2D eigenvalue weighted by atomic mass is 9.84. The summed E-state index contributed by atoms with van der Waals surface area (Å²) >= 11 is 9.70. The van der Waals surface area contributed by atoms with Crippen LogP contribution in [0.5, 0.6) is 0 Å². The fourth-order valence-corrected chi connectivity index (χ4v) is 2.25. The summed E-state index contributed by atoms with van der Waals surface area (Å²) in [7, 11) is 1.63. The van der Waals surface area contributed by atoms with Gasteiger partial charge in [0.1, 0.15) is 5.82 Å². The summed E-state index contributed by atoms with van der Waals surface area (Å²) in [6.45, 7) is 7.51. The van der Waals surface area contributed by atoms with Crippen LogP contribution in [0.1, 0.15) is 32.9 Å². The fraction of sp³-hybridized carbons (Fsp3) is 0.389. The standard InChI is InChI=1S/C12H20BN2O2.C6H5ClS/c1-5-10(16)12(3,4)17-13-9-6-7-11(14)15-8(9)2;7-5-3-1-2-4-6(5)8/h6-7,10,16H,5H2,1-4H3,(H2,14,15);1-4,8H. The van der Waals surface area contributed by atoms with Gasteiger partial charge in [-0.3, -0.25) is 0 Å². The molecule has 0 fully saturated rings. The van der Waals surface area contributed by atoms with Crippen LogP contribution in [0.15, 0.2) is 41.3 Å². The summed E-state index contributed by atoms with van der Waals surface area (Å²) in [6.07, 6.45) is 0.153. The molecule has 0 aliphatic rings. The molecule has 135 valence electrons. The molecule has 0 saturated heterocycles. The van der Waals surface area contributed by atoms with Crippen molar-refractivity contribution in [2.45, 2.75) is 50.7 Å². The van der Waals surface area contributed by atoms with Crippen LogP contribution >= 0.6 is 24.2 Å². The van der Waals surface area contributed by atoms with Crippen molar-refractivity contribution in [1.29, 1.82) is 0 Å². The molecule has 0 saturated carbocycles. The monoisotopic (exact) mass is 379 g/mol. The molecule has 1 radical (unpaired) electrons. The highest BCUT2D eigenvalue weighted by Gasteiger charge is 2.27. The number of aliphatic hydroxyl groups is 1. The van der Waals surface area contributed by atoms with E-state index in [0.717, 1.165) is 16.1 Å². The molecule has 1 heterocycles. The number of hydrogen-bond acceptors (Lipinski definition) is 5. The van der Waals surface area contributed by atoms with Gasteiger partial charge in [0.05, 0.1) is 16.7 Å². The molecule has 0 bridgehead atoms. The van der Waals surface area contributed by atoms with E-state index in [9.17, 15) is 5.11 Å². The molecule has 0 aliphatic heterocycles. The van der Waals surface area contributed by atoms with Gasteiger partial charge in [-0.25, -0.2) is 4.98 Å². The van der Waals surface area contributed by atoms with Crippen molar-refractivity contribution >= 4 is 43.0 Å². The average molecular weight is 380 g/mol. The Hall–Kier alpha value is -1.21. The first-order valence-corrected chi connectivity index (χ1v) is 8.85. The first kappa shape index (κ1) is 21.8. The summed E-state index contributed by atoms with van der Waals surface area (Å²) in [5.74, 6) is 0.493. The van der Waals surface area contributed by atoms with Gasteiger partial charge < -0.3 is 15.5 Å². The smallest absolute Gasteiger partial charge is 0.332 e. The summed E-state index contributed by atoms with van der Waals surface area (Å²) in [6, 6.07) is 11.0. The molecule has 2 rings (SSSR count). The number of nitrogen functional groups attached to an aromatic ring is 1. The number of nitrogens with zero attached hydrogens (tertiary/aromatic N) is 1. The minimum Gasteiger partial charge on any atom is -0.427 e. The van der Waals surface area contributed by atoms with E-state index in [0.29, 0.717) is 17.3 Å². The number of nitrogens with two attached hydrogens (primary N) is 1. The van der Waals surface area contributed by atoms with Crippen molar-refractivity contribution in [2.24, 2.45) is 0 Å². The third kappa shape index (κ3) is 7.28. The third-order valence-electron chi connectivity index (χ3n) is 3.68. The zero-order valence-electron chi connectivity index (χ0n) is 15.0. The number of aliphatic hydroxyl groups excluding tert-OH is 1. The maximum atomic E-state index is 9.80. The Morgan fingerprint density at radius 2 is 1.96 bits per heavy atom. The van der Waals surface area contributed by atoms with Gasteiger partial charge in [-0.1, -0.05) is 36.7 Å². The maximum absolute atomic E-state index is 9.80. The maximum Gasteiger partial charge on any atom is 0.332 e. The molecular formula is C18H25BClN2O2S. The minimum atomic E-state index is -0.609. The van der Waals surface area contributed by atoms with Gasteiger partial charge in [0.2, 0.25) is 0 Å². The summed E-state index contributed by atoms with van der Waals surface area (Å²) in [4.78, 5) is 4.97. The van der Waals surface area contributed by atoms with Gasteiger partial charge in [-0.05, 0) is 50.9 Å². The fourth-order valence-electron chi connectivity index (χ4n) is 1.95. The Bertz CT molecular complexity index is 665. The number of aryl methyl sites for hydroxylation is 1. The Balaban J connectivity index is 0.000000324. The lowest BCUT2D eigenvalue weighted by Gasteiger charge is -2.30. The molecule has 0 aliphatic carbocycles. The van der Waals surface area contributed by atoms with Crippen molar-refractivity contribution in [3.05, 3.63) is 47.1 Å². The second kappa shape index (κ2) is 10.1. The van der Waals surface area contributed by atoms with Crippen molar-refractivity contribution < 1.29 is 9.76 Å².